The molecule has 1 amide bonds. The van der Waals surface area contributed by atoms with Gasteiger partial charge < -0.3 is 10.6 Å². The second kappa shape index (κ2) is 5.41. The van der Waals surface area contributed by atoms with Gasteiger partial charge in [-0.1, -0.05) is 35.9 Å². The Morgan fingerprint density at radius 1 is 1.24 bits per heavy atom. The van der Waals surface area contributed by atoms with Gasteiger partial charge in [0.2, 0.25) is 0 Å². The number of rotatable bonds is 1. The molecule has 0 aliphatic carbocycles. The standard InChI is InChI=1S/C17H17ClN2O/c1-11-4-2-6-14(16(11)18)17(21)20-9-8-13-12(10-20)5-3-7-15(13)19/h2-7H,8-10,19H2,1H3. The molecular formula is C17H17ClN2O. The van der Waals surface area contributed by atoms with Crippen LogP contribution >= 0.6 is 11.6 Å². The maximum Gasteiger partial charge on any atom is 0.255 e. The number of halogens is 1. The van der Waals surface area contributed by atoms with E-state index in [0.717, 1.165) is 28.8 Å². The molecule has 0 unspecified atom stereocenters. The van der Waals surface area contributed by atoms with Crippen molar-refractivity contribution in [1.82, 2.24) is 4.90 Å². The Hall–Kier alpha value is -2.00. The number of hydrogen-bond donors (Lipinski definition) is 1. The van der Waals surface area contributed by atoms with E-state index in [4.69, 9.17) is 17.3 Å². The second-order valence-electron chi connectivity index (χ2n) is 5.40. The van der Waals surface area contributed by atoms with Gasteiger partial charge in [0, 0.05) is 18.8 Å². The number of amides is 1. The van der Waals surface area contributed by atoms with E-state index in [0.29, 0.717) is 23.7 Å². The Morgan fingerprint density at radius 2 is 2.00 bits per heavy atom. The molecule has 0 spiro atoms. The summed E-state index contributed by atoms with van der Waals surface area (Å²) in [4.78, 5) is 14.5. The van der Waals surface area contributed by atoms with Gasteiger partial charge >= 0.3 is 0 Å². The van der Waals surface area contributed by atoms with Gasteiger partial charge in [-0.25, -0.2) is 0 Å². The highest BCUT2D eigenvalue weighted by Gasteiger charge is 2.24. The molecule has 2 N–H and O–H groups in total. The van der Waals surface area contributed by atoms with Crippen molar-refractivity contribution in [3.05, 3.63) is 63.7 Å². The minimum Gasteiger partial charge on any atom is -0.398 e. The molecule has 0 saturated carbocycles. The van der Waals surface area contributed by atoms with Gasteiger partial charge in [0.25, 0.3) is 5.91 Å². The van der Waals surface area contributed by atoms with Gasteiger partial charge in [-0.2, -0.15) is 0 Å². The van der Waals surface area contributed by atoms with E-state index in [1.54, 1.807) is 6.07 Å². The summed E-state index contributed by atoms with van der Waals surface area (Å²) in [6.45, 7) is 3.17. The van der Waals surface area contributed by atoms with Gasteiger partial charge in [-0.15, -0.1) is 0 Å². The van der Waals surface area contributed by atoms with Crippen LogP contribution in [0.4, 0.5) is 5.69 Å². The molecule has 0 aromatic heterocycles. The number of nitrogens with two attached hydrogens (primary N) is 1. The predicted octanol–water partition coefficient (Wildman–Crippen LogP) is 3.43. The Morgan fingerprint density at radius 3 is 2.81 bits per heavy atom. The molecular weight excluding hydrogens is 284 g/mol. The van der Waals surface area contributed by atoms with E-state index in [9.17, 15) is 4.79 Å². The van der Waals surface area contributed by atoms with E-state index in [2.05, 4.69) is 0 Å². The summed E-state index contributed by atoms with van der Waals surface area (Å²) in [5.74, 6) is -0.0169. The van der Waals surface area contributed by atoms with Crippen molar-refractivity contribution in [1.29, 1.82) is 0 Å². The number of aryl methyl sites for hydroxylation is 1. The summed E-state index contributed by atoms with van der Waals surface area (Å²) in [5.41, 5.74) is 10.6. The molecule has 4 heteroatoms. The first-order valence-electron chi connectivity index (χ1n) is 6.98. The molecule has 0 fully saturated rings. The lowest BCUT2D eigenvalue weighted by Crippen LogP contribution is -2.36. The molecule has 3 rings (SSSR count). The second-order valence-corrected chi connectivity index (χ2v) is 5.78. The van der Waals surface area contributed by atoms with Crippen molar-refractivity contribution in [2.24, 2.45) is 0 Å². The highest BCUT2D eigenvalue weighted by Crippen LogP contribution is 2.27. The van der Waals surface area contributed by atoms with Crippen LogP contribution in [0.3, 0.4) is 0 Å². The SMILES string of the molecule is Cc1cccc(C(=O)N2CCc3c(N)cccc3C2)c1Cl. The van der Waals surface area contributed by atoms with Gasteiger partial charge in [0.15, 0.2) is 0 Å². The lowest BCUT2D eigenvalue weighted by molar-refractivity contribution is 0.0735. The van der Waals surface area contributed by atoms with Crippen LogP contribution in [-0.4, -0.2) is 17.4 Å². The van der Waals surface area contributed by atoms with Crippen LogP contribution in [-0.2, 0) is 13.0 Å². The molecule has 0 radical (unpaired) electrons. The molecule has 108 valence electrons. The normalized spacial score (nSPS) is 13.9. The molecule has 0 saturated heterocycles. The lowest BCUT2D eigenvalue weighted by Gasteiger charge is -2.30. The molecule has 3 nitrogen and oxygen atoms in total. The maximum absolute atomic E-state index is 12.7. The van der Waals surface area contributed by atoms with Gasteiger partial charge in [-0.3, -0.25) is 4.79 Å². The van der Waals surface area contributed by atoms with Crippen molar-refractivity contribution in [2.75, 3.05) is 12.3 Å². The molecule has 0 atom stereocenters. The van der Waals surface area contributed by atoms with E-state index in [1.807, 2.05) is 42.2 Å². The molecule has 1 heterocycles. The number of carbonyl (C=O) groups is 1. The topological polar surface area (TPSA) is 46.3 Å². The van der Waals surface area contributed by atoms with Crippen LogP contribution in [0.1, 0.15) is 27.0 Å². The number of benzene rings is 2. The fourth-order valence-electron chi connectivity index (χ4n) is 2.80. The molecule has 0 bridgehead atoms. The fraction of sp³-hybridized carbons (Fsp3) is 0.235. The van der Waals surface area contributed by atoms with E-state index >= 15 is 0 Å². The Labute approximate surface area is 129 Å². The van der Waals surface area contributed by atoms with Crippen LogP contribution < -0.4 is 5.73 Å². The average molecular weight is 301 g/mol. The summed E-state index contributed by atoms with van der Waals surface area (Å²) in [7, 11) is 0. The smallest absolute Gasteiger partial charge is 0.255 e. The fourth-order valence-corrected chi connectivity index (χ4v) is 3.00. The maximum atomic E-state index is 12.7. The van der Waals surface area contributed by atoms with Gasteiger partial charge in [0.05, 0.1) is 10.6 Å². The summed E-state index contributed by atoms with van der Waals surface area (Å²) >= 11 is 6.27. The Kier molecular flexibility index (Phi) is 3.60. The monoisotopic (exact) mass is 300 g/mol. The molecule has 21 heavy (non-hydrogen) atoms. The van der Waals surface area contributed by atoms with E-state index in [-0.39, 0.29) is 5.91 Å². The van der Waals surface area contributed by atoms with Crippen LogP contribution in [0.15, 0.2) is 36.4 Å². The third-order valence-electron chi connectivity index (χ3n) is 4.01. The third kappa shape index (κ3) is 2.49. The van der Waals surface area contributed by atoms with Crippen LogP contribution in [0.2, 0.25) is 5.02 Å². The predicted molar refractivity (Wildman–Crippen MR) is 85.5 cm³/mol. The number of nitrogens with zero attached hydrogens (tertiary/aromatic N) is 1. The first-order chi connectivity index (χ1) is 10.1. The highest BCUT2D eigenvalue weighted by molar-refractivity contribution is 6.34. The minimum absolute atomic E-state index is 0.0169. The number of carbonyl (C=O) groups excluding carboxylic acids is 1. The first kappa shape index (κ1) is 14.0. The average Bonchev–Trinajstić information content (AvgIpc) is 2.49. The van der Waals surface area contributed by atoms with Crippen LogP contribution in [0, 0.1) is 6.92 Å². The van der Waals surface area contributed by atoms with Gasteiger partial charge in [-0.05, 0) is 42.2 Å². The summed E-state index contributed by atoms with van der Waals surface area (Å²) in [6, 6.07) is 11.4. The summed E-state index contributed by atoms with van der Waals surface area (Å²) < 4.78 is 0. The van der Waals surface area contributed by atoms with Crippen molar-refractivity contribution < 1.29 is 4.79 Å². The molecule has 1 aliphatic heterocycles. The third-order valence-corrected chi connectivity index (χ3v) is 4.51. The number of nitrogen functional groups attached to an aromatic ring is 1. The molecule has 2 aromatic rings. The summed E-state index contributed by atoms with van der Waals surface area (Å²) in [5, 5.41) is 0.542. The van der Waals surface area contributed by atoms with Gasteiger partial charge in [0.1, 0.15) is 0 Å². The number of fused-ring (bicyclic) bond motifs is 1. The van der Waals surface area contributed by atoms with Crippen LogP contribution in [0.5, 0.6) is 0 Å². The summed E-state index contributed by atoms with van der Waals surface area (Å²) in [6.07, 6.45) is 0.789. The minimum atomic E-state index is -0.0169. The van der Waals surface area contributed by atoms with Crippen molar-refractivity contribution in [3.63, 3.8) is 0 Å². The quantitative estimate of drug-likeness (QED) is 0.820. The molecule has 2 aromatic carbocycles. The van der Waals surface area contributed by atoms with Crippen molar-refractivity contribution in [2.45, 2.75) is 19.9 Å². The van der Waals surface area contributed by atoms with Crippen molar-refractivity contribution >= 4 is 23.2 Å². The number of hydrogen-bond acceptors (Lipinski definition) is 2. The number of anilines is 1. The van der Waals surface area contributed by atoms with E-state index in [1.165, 1.54) is 0 Å². The van der Waals surface area contributed by atoms with E-state index < -0.39 is 0 Å². The zero-order valence-electron chi connectivity index (χ0n) is 11.9. The Bertz CT molecular complexity index is 712. The lowest BCUT2D eigenvalue weighted by atomic mass is 9.97. The molecule has 1 aliphatic rings. The largest absolute Gasteiger partial charge is 0.398 e. The Balaban J connectivity index is 1.89. The zero-order chi connectivity index (χ0) is 15.0. The van der Waals surface area contributed by atoms with Crippen LogP contribution in [0.25, 0.3) is 0 Å². The highest BCUT2D eigenvalue weighted by atomic mass is 35.5. The first-order valence-corrected chi connectivity index (χ1v) is 7.36. The zero-order valence-corrected chi connectivity index (χ0v) is 12.7. The van der Waals surface area contributed by atoms with Crippen molar-refractivity contribution in [3.8, 4) is 0 Å².